The first-order chi connectivity index (χ1) is 8.97. The molecule has 0 atom stereocenters. The fourth-order valence-electron chi connectivity index (χ4n) is 1.91. The number of amides is 1. The molecule has 0 saturated heterocycles. The highest BCUT2D eigenvalue weighted by molar-refractivity contribution is 9.09. The SMILES string of the molecule is Cc1cc(C(=O)N(CCOCCBr)C(C)C)c(C)o1. The highest BCUT2D eigenvalue weighted by Crippen LogP contribution is 2.17. The molecule has 0 bridgehead atoms. The Morgan fingerprint density at radius 1 is 1.42 bits per heavy atom. The van der Waals surface area contributed by atoms with Gasteiger partial charge in [-0.3, -0.25) is 4.79 Å². The summed E-state index contributed by atoms with van der Waals surface area (Å²) in [5.74, 6) is 1.45. The number of hydrogen-bond donors (Lipinski definition) is 0. The summed E-state index contributed by atoms with van der Waals surface area (Å²) in [5, 5.41) is 0.808. The molecule has 1 heterocycles. The monoisotopic (exact) mass is 331 g/mol. The molecule has 0 unspecified atom stereocenters. The number of rotatable bonds is 7. The molecule has 1 aromatic heterocycles. The molecule has 0 aliphatic heterocycles. The van der Waals surface area contributed by atoms with Crippen molar-refractivity contribution in [2.45, 2.75) is 33.7 Å². The van der Waals surface area contributed by atoms with Gasteiger partial charge in [0.05, 0.1) is 18.8 Å². The van der Waals surface area contributed by atoms with E-state index in [4.69, 9.17) is 9.15 Å². The van der Waals surface area contributed by atoms with Gasteiger partial charge in [0.2, 0.25) is 0 Å². The lowest BCUT2D eigenvalue weighted by Crippen LogP contribution is -2.39. The Morgan fingerprint density at radius 3 is 2.58 bits per heavy atom. The Bertz CT molecular complexity index is 415. The van der Waals surface area contributed by atoms with Gasteiger partial charge in [-0.15, -0.1) is 0 Å². The molecule has 5 heteroatoms. The van der Waals surface area contributed by atoms with Crippen molar-refractivity contribution in [3.05, 3.63) is 23.2 Å². The summed E-state index contributed by atoms with van der Waals surface area (Å²) >= 11 is 3.31. The summed E-state index contributed by atoms with van der Waals surface area (Å²) in [6.07, 6.45) is 0. The van der Waals surface area contributed by atoms with E-state index in [1.54, 1.807) is 6.07 Å². The molecule has 0 aliphatic rings. The third-order valence-electron chi connectivity index (χ3n) is 2.85. The smallest absolute Gasteiger partial charge is 0.257 e. The lowest BCUT2D eigenvalue weighted by Gasteiger charge is -2.26. The van der Waals surface area contributed by atoms with Gasteiger partial charge < -0.3 is 14.1 Å². The van der Waals surface area contributed by atoms with E-state index in [2.05, 4.69) is 15.9 Å². The van der Waals surface area contributed by atoms with E-state index < -0.39 is 0 Å². The topological polar surface area (TPSA) is 42.7 Å². The van der Waals surface area contributed by atoms with Crippen LogP contribution in [-0.4, -0.2) is 41.9 Å². The Kier molecular flexibility index (Phi) is 6.58. The van der Waals surface area contributed by atoms with Crippen LogP contribution in [-0.2, 0) is 4.74 Å². The number of carbonyl (C=O) groups is 1. The van der Waals surface area contributed by atoms with E-state index in [-0.39, 0.29) is 11.9 Å². The summed E-state index contributed by atoms with van der Waals surface area (Å²) in [6, 6.07) is 1.93. The van der Waals surface area contributed by atoms with Crippen LogP contribution in [0.2, 0.25) is 0 Å². The van der Waals surface area contributed by atoms with Crippen molar-refractivity contribution in [3.8, 4) is 0 Å². The third-order valence-corrected chi connectivity index (χ3v) is 3.18. The van der Waals surface area contributed by atoms with Crippen molar-refractivity contribution in [1.29, 1.82) is 0 Å². The number of carbonyl (C=O) groups excluding carboxylic acids is 1. The van der Waals surface area contributed by atoms with Gasteiger partial charge in [-0.25, -0.2) is 0 Å². The van der Waals surface area contributed by atoms with Crippen LogP contribution in [0.4, 0.5) is 0 Å². The van der Waals surface area contributed by atoms with Crippen LogP contribution in [0.1, 0.15) is 35.7 Å². The van der Waals surface area contributed by atoms with Gasteiger partial charge in [0.25, 0.3) is 5.91 Å². The average Bonchev–Trinajstić information content (AvgIpc) is 2.67. The number of hydrogen-bond acceptors (Lipinski definition) is 3. The summed E-state index contributed by atoms with van der Waals surface area (Å²) in [4.78, 5) is 14.3. The maximum atomic E-state index is 12.5. The zero-order chi connectivity index (χ0) is 14.4. The molecular formula is C14H22BrNO3. The maximum Gasteiger partial charge on any atom is 0.257 e. The molecule has 0 spiro atoms. The zero-order valence-electron chi connectivity index (χ0n) is 12.0. The average molecular weight is 332 g/mol. The number of halogens is 1. The molecule has 1 amide bonds. The molecule has 0 N–H and O–H groups in total. The van der Waals surface area contributed by atoms with Crippen molar-refractivity contribution in [2.75, 3.05) is 25.1 Å². The second kappa shape index (κ2) is 7.70. The van der Waals surface area contributed by atoms with Crippen molar-refractivity contribution in [2.24, 2.45) is 0 Å². The van der Waals surface area contributed by atoms with E-state index >= 15 is 0 Å². The molecule has 4 nitrogen and oxygen atoms in total. The first-order valence-corrected chi connectivity index (χ1v) is 7.61. The number of aryl methyl sites for hydroxylation is 2. The zero-order valence-corrected chi connectivity index (χ0v) is 13.6. The van der Waals surface area contributed by atoms with Crippen LogP contribution in [0.15, 0.2) is 10.5 Å². The minimum absolute atomic E-state index is 0.00629. The van der Waals surface area contributed by atoms with Crippen molar-refractivity contribution in [1.82, 2.24) is 4.90 Å². The molecular weight excluding hydrogens is 310 g/mol. The molecule has 1 aromatic rings. The van der Waals surface area contributed by atoms with Crippen molar-refractivity contribution < 1.29 is 13.9 Å². The quantitative estimate of drug-likeness (QED) is 0.569. The molecule has 108 valence electrons. The maximum absolute atomic E-state index is 12.5. The van der Waals surface area contributed by atoms with Gasteiger partial charge >= 0.3 is 0 Å². The number of nitrogens with zero attached hydrogens (tertiary/aromatic N) is 1. The molecule has 0 aromatic carbocycles. The Labute approximate surface area is 123 Å². The first-order valence-electron chi connectivity index (χ1n) is 6.49. The van der Waals surface area contributed by atoms with Crippen molar-refractivity contribution >= 4 is 21.8 Å². The normalized spacial score (nSPS) is 11.1. The van der Waals surface area contributed by atoms with E-state index in [1.165, 1.54) is 0 Å². The second-order valence-corrected chi connectivity index (χ2v) is 5.51. The minimum atomic E-state index is 0.00629. The fraction of sp³-hybridized carbons (Fsp3) is 0.643. The fourth-order valence-corrected chi connectivity index (χ4v) is 2.14. The van der Waals surface area contributed by atoms with Crippen LogP contribution in [0.3, 0.4) is 0 Å². The standard InChI is InChI=1S/C14H22BrNO3/c1-10(2)16(6-8-18-7-5-15)14(17)13-9-11(3)19-12(13)4/h9-10H,5-8H2,1-4H3. The summed E-state index contributed by atoms with van der Waals surface area (Å²) in [6.45, 7) is 9.47. The van der Waals surface area contributed by atoms with Gasteiger partial charge in [-0.05, 0) is 33.8 Å². The Hall–Kier alpha value is -0.810. The molecule has 1 rings (SSSR count). The van der Waals surface area contributed by atoms with Crippen LogP contribution in [0, 0.1) is 13.8 Å². The predicted octanol–water partition coefficient (Wildman–Crippen LogP) is 3.16. The summed E-state index contributed by atoms with van der Waals surface area (Å²) < 4.78 is 10.8. The second-order valence-electron chi connectivity index (χ2n) is 4.72. The van der Waals surface area contributed by atoms with Gasteiger partial charge in [0.15, 0.2) is 0 Å². The van der Waals surface area contributed by atoms with Crippen LogP contribution in [0.25, 0.3) is 0 Å². The van der Waals surface area contributed by atoms with Gasteiger partial charge in [-0.2, -0.15) is 0 Å². The third kappa shape index (κ3) is 4.66. The first kappa shape index (κ1) is 16.2. The van der Waals surface area contributed by atoms with Crippen LogP contribution < -0.4 is 0 Å². The molecule has 0 aliphatic carbocycles. The van der Waals surface area contributed by atoms with Crippen LogP contribution >= 0.6 is 15.9 Å². The lowest BCUT2D eigenvalue weighted by atomic mass is 10.2. The largest absolute Gasteiger partial charge is 0.466 e. The van der Waals surface area contributed by atoms with E-state index in [9.17, 15) is 4.79 Å². The minimum Gasteiger partial charge on any atom is -0.466 e. The molecule has 0 radical (unpaired) electrons. The lowest BCUT2D eigenvalue weighted by molar-refractivity contribution is 0.0595. The highest BCUT2D eigenvalue weighted by atomic mass is 79.9. The van der Waals surface area contributed by atoms with Gasteiger partial charge in [0, 0.05) is 17.9 Å². The van der Waals surface area contributed by atoms with Gasteiger partial charge in [0.1, 0.15) is 11.5 Å². The Morgan fingerprint density at radius 2 is 2.11 bits per heavy atom. The molecule has 0 saturated carbocycles. The van der Waals surface area contributed by atoms with E-state index in [0.29, 0.717) is 31.1 Å². The number of furan rings is 1. The summed E-state index contributed by atoms with van der Waals surface area (Å²) in [5.41, 5.74) is 0.645. The number of alkyl halides is 1. The van der Waals surface area contributed by atoms with E-state index in [1.807, 2.05) is 32.6 Å². The van der Waals surface area contributed by atoms with Crippen LogP contribution in [0.5, 0.6) is 0 Å². The Balaban J connectivity index is 2.70. The molecule has 0 fully saturated rings. The summed E-state index contributed by atoms with van der Waals surface area (Å²) in [7, 11) is 0. The highest BCUT2D eigenvalue weighted by Gasteiger charge is 2.22. The molecule has 19 heavy (non-hydrogen) atoms. The van der Waals surface area contributed by atoms with Crippen molar-refractivity contribution in [3.63, 3.8) is 0 Å². The predicted molar refractivity (Wildman–Crippen MR) is 79.0 cm³/mol. The van der Waals surface area contributed by atoms with Gasteiger partial charge in [-0.1, -0.05) is 15.9 Å². The number of ether oxygens (including phenoxy) is 1. The van der Waals surface area contributed by atoms with E-state index in [0.717, 1.165) is 11.1 Å².